The lowest BCUT2D eigenvalue weighted by Crippen LogP contribution is -2.10. The van der Waals surface area contributed by atoms with Crippen molar-refractivity contribution in [2.45, 2.75) is 33.6 Å². The van der Waals surface area contributed by atoms with Gasteiger partial charge in [0.15, 0.2) is 0 Å². The van der Waals surface area contributed by atoms with Crippen molar-refractivity contribution in [3.63, 3.8) is 0 Å². The molecule has 0 atom stereocenters. The van der Waals surface area contributed by atoms with E-state index >= 15 is 0 Å². The van der Waals surface area contributed by atoms with Gasteiger partial charge in [0, 0.05) is 22.6 Å². The molecule has 4 heteroatoms. The van der Waals surface area contributed by atoms with Gasteiger partial charge in [-0.15, -0.1) is 23.5 Å². The van der Waals surface area contributed by atoms with E-state index in [2.05, 4.69) is 48.5 Å². The minimum Gasteiger partial charge on any atom is -0.466 e. The Morgan fingerprint density at radius 2 is 1.25 bits per heavy atom. The Morgan fingerprint density at radius 1 is 0.750 bits per heavy atom. The van der Waals surface area contributed by atoms with Crippen LogP contribution in [0.15, 0.2) is 101 Å². The van der Waals surface area contributed by atoms with Crippen LogP contribution < -0.4 is 0 Å². The molecule has 0 saturated heterocycles. The number of aryl methyl sites for hydroxylation is 1. The standard InChI is InChI=1S/C24H24O2S2/c25-23(17-16-20-10-4-1-5-11-20)26-19-18-24(27-21-12-6-2-7-13-21)28-22-14-8-3-9-15-22/h1-15,24H,16-19H2. The number of carbonyl (C=O) groups excluding carboxylic acids is 1. The van der Waals surface area contributed by atoms with Gasteiger partial charge in [0.05, 0.1) is 11.2 Å². The highest BCUT2D eigenvalue weighted by molar-refractivity contribution is 8.17. The lowest BCUT2D eigenvalue weighted by molar-refractivity contribution is -0.143. The van der Waals surface area contributed by atoms with Gasteiger partial charge in [-0.1, -0.05) is 66.7 Å². The van der Waals surface area contributed by atoms with E-state index in [-0.39, 0.29) is 10.6 Å². The molecule has 0 N–H and O–H groups in total. The lowest BCUT2D eigenvalue weighted by Gasteiger charge is -2.16. The van der Waals surface area contributed by atoms with E-state index in [0.29, 0.717) is 13.0 Å². The van der Waals surface area contributed by atoms with Crippen molar-refractivity contribution in [2.75, 3.05) is 6.61 Å². The molecule has 3 aromatic carbocycles. The van der Waals surface area contributed by atoms with Crippen molar-refractivity contribution >= 4 is 29.5 Å². The van der Waals surface area contributed by atoms with Crippen LogP contribution in [-0.2, 0) is 16.0 Å². The summed E-state index contributed by atoms with van der Waals surface area (Å²) in [5.41, 5.74) is 1.16. The number of thioether (sulfide) groups is 2. The van der Waals surface area contributed by atoms with Crippen LogP contribution in [0.3, 0.4) is 0 Å². The quantitative estimate of drug-likeness (QED) is 0.218. The second-order valence-electron chi connectivity index (χ2n) is 6.29. The van der Waals surface area contributed by atoms with E-state index in [9.17, 15) is 4.79 Å². The summed E-state index contributed by atoms with van der Waals surface area (Å²) in [6, 6.07) is 30.8. The molecule has 0 heterocycles. The molecule has 0 fully saturated rings. The number of carbonyl (C=O) groups is 1. The minimum absolute atomic E-state index is 0.128. The first kappa shape index (κ1) is 20.6. The number of benzene rings is 3. The summed E-state index contributed by atoms with van der Waals surface area (Å²) < 4.78 is 5.79. The fraction of sp³-hybridized carbons (Fsp3) is 0.208. The van der Waals surface area contributed by atoms with Crippen LogP contribution >= 0.6 is 23.5 Å². The Balaban J connectivity index is 1.48. The summed E-state index contributed by atoms with van der Waals surface area (Å²) in [6.07, 6.45) is 1.95. The summed E-state index contributed by atoms with van der Waals surface area (Å²) in [4.78, 5) is 14.5. The minimum atomic E-state index is -0.128. The van der Waals surface area contributed by atoms with Crippen molar-refractivity contribution in [1.29, 1.82) is 0 Å². The smallest absolute Gasteiger partial charge is 0.306 e. The molecular weight excluding hydrogens is 384 g/mol. The fourth-order valence-corrected chi connectivity index (χ4v) is 5.20. The second-order valence-corrected chi connectivity index (χ2v) is 9.14. The summed E-state index contributed by atoms with van der Waals surface area (Å²) >= 11 is 3.63. The Hall–Kier alpha value is -2.17. The van der Waals surface area contributed by atoms with Crippen molar-refractivity contribution < 1.29 is 9.53 Å². The zero-order valence-electron chi connectivity index (χ0n) is 15.7. The first-order chi connectivity index (χ1) is 13.8. The topological polar surface area (TPSA) is 26.3 Å². The molecular formula is C24H24O2S2. The molecule has 0 spiro atoms. The van der Waals surface area contributed by atoms with Gasteiger partial charge in [-0.2, -0.15) is 0 Å². The number of esters is 1. The number of hydrogen-bond donors (Lipinski definition) is 0. The highest BCUT2D eigenvalue weighted by Gasteiger charge is 2.14. The highest BCUT2D eigenvalue weighted by atomic mass is 32.2. The monoisotopic (exact) mass is 408 g/mol. The molecule has 2 nitrogen and oxygen atoms in total. The number of rotatable bonds is 10. The maximum Gasteiger partial charge on any atom is 0.306 e. The van der Waals surface area contributed by atoms with Crippen LogP contribution in [0, 0.1) is 0 Å². The zero-order chi connectivity index (χ0) is 19.4. The second kappa shape index (κ2) is 11.6. The number of hydrogen-bond acceptors (Lipinski definition) is 4. The van der Waals surface area contributed by atoms with E-state index < -0.39 is 0 Å². The van der Waals surface area contributed by atoms with Gasteiger partial charge in [0.2, 0.25) is 0 Å². The van der Waals surface area contributed by atoms with Crippen LogP contribution in [-0.4, -0.2) is 17.2 Å². The average molecular weight is 409 g/mol. The third-order valence-corrected chi connectivity index (χ3v) is 6.76. The van der Waals surface area contributed by atoms with Gasteiger partial charge in [0.1, 0.15) is 0 Å². The van der Waals surface area contributed by atoms with Crippen LogP contribution in [0.5, 0.6) is 0 Å². The fourth-order valence-electron chi connectivity index (χ4n) is 2.68. The summed E-state index contributed by atoms with van der Waals surface area (Å²) in [7, 11) is 0. The average Bonchev–Trinajstić information content (AvgIpc) is 2.74. The third kappa shape index (κ3) is 7.45. The summed E-state index contributed by atoms with van der Waals surface area (Å²) in [6.45, 7) is 0.442. The van der Waals surface area contributed by atoms with Crippen LogP contribution in [0.2, 0.25) is 0 Å². The van der Waals surface area contributed by atoms with Gasteiger partial charge < -0.3 is 4.74 Å². The van der Waals surface area contributed by atoms with E-state index in [1.165, 1.54) is 9.79 Å². The molecule has 0 saturated carbocycles. The molecule has 3 rings (SSSR count). The van der Waals surface area contributed by atoms with E-state index in [0.717, 1.165) is 18.4 Å². The van der Waals surface area contributed by atoms with Crippen LogP contribution in [0.4, 0.5) is 0 Å². The lowest BCUT2D eigenvalue weighted by atomic mass is 10.1. The Labute approximate surface area is 175 Å². The van der Waals surface area contributed by atoms with Crippen molar-refractivity contribution in [3.8, 4) is 0 Å². The molecule has 3 aromatic rings. The highest BCUT2D eigenvalue weighted by Crippen LogP contribution is 2.37. The van der Waals surface area contributed by atoms with Crippen LogP contribution in [0.25, 0.3) is 0 Å². The zero-order valence-corrected chi connectivity index (χ0v) is 17.3. The molecule has 0 aromatic heterocycles. The Bertz CT molecular complexity index is 781. The molecule has 0 bridgehead atoms. The van der Waals surface area contributed by atoms with Crippen molar-refractivity contribution in [1.82, 2.24) is 0 Å². The predicted octanol–water partition coefficient (Wildman–Crippen LogP) is 6.46. The Morgan fingerprint density at radius 3 is 1.79 bits per heavy atom. The van der Waals surface area contributed by atoms with E-state index in [4.69, 9.17) is 4.74 Å². The third-order valence-electron chi connectivity index (χ3n) is 4.10. The number of ether oxygens (including phenoxy) is 1. The van der Waals surface area contributed by atoms with Gasteiger partial charge in [-0.05, 0) is 36.2 Å². The summed E-state index contributed by atoms with van der Waals surface area (Å²) in [5.74, 6) is -0.128. The SMILES string of the molecule is O=C(CCc1ccccc1)OCCC(Sc1ccccc1)Sc1ccccc1. The molecule has 144 valence electrons. The molecule has 0 aliphatic heterocycles. The molecule has 0 amide bonds. The first-order valence-corrected chi connectivity index (χ1v) is 11.2. The van der Waals surface area contributed by atoms with E-state index in [1.54, 1.807) is 0 Å². The van der Waals surface area contributed by atoms with E-state index in [1.807, 2.05) is 66.0 Å². The molecule has 0 aliphatic rings. The van der Waals surface area contributed by atoms with Crippen molar-refractivity contribution in [2.24, 2.45) is 0 Å². The van der Waals surface area contributed by atoms with Crippen LogP contribution in [0.1, 0.15) is 18.4 Å². The van der Waals surface area contributed by atoms with Gasteiger partial charge in [0.25, 0.3) is 0 Å². The van der Waals surface area contributed by atoms with Gasteiger partial charge >= 0.3 is 5.97 Å². The largest absolute Gasteiger partial charge is 0.466 e. The van der Waals surface area contributed by atoms with Gasteiger partial charge in [-0.25, -0.2) is 0 Å². The van der Waals surface area contributed by atoms with Crippen molar-refractivity contribution in [3.05, 3.63) is 96.6 Å². The molecule has 0 radical (unpaired) electrons. The van der Waals surface area contributed by atoms with Gasteiger partial charge in [-0.3, -0.25) is 4.79 Å². The normalized spacial score (nSPS) is 10.8. The first-order valence-electron chi connectivity index (χ1n) is 9.42. The maximum absolute atomic E-state index is 12.1. The molecule has 28 heavy (non-hydrogen) atoms. The molecule has 0 aliphatic carbocycles. The molecule has 0 unspecified atom stereocenters. The maximum atomic E-state index is 12.1. The predicted molar refractivity (Wildman–Crippen MR) is 119 cm³/mol. The Kier molecular flexibility index (Phi) is 8.54. The summed E-state index contributed by atoms with van der Waals surface area (Å²) in [5, 5.41) is 0.